The van der Waals surface area contributed by atoms with E-state index in [0.717, 1.165) is 25.8 Å². The van der Waals surface area contributed by atoms with Gasteiger partial charge in [-0.15, -0.1) is 0 Å². The molecule has 1 aliphatic heterocycles. The van der Waals surface area contributed by atoms with Crippen molar-refractivity contribution in [3.8, 4) is 0 Å². The molecule has 0 spiro atoms. The lowest BCUT2D eigenvalue weighted by Crippen LogP contribution is -2.36. The first kappa shape index (κ1) is 41.9. The highest BCUT2D eigenvalue weighted by Crippen LogP contribution is 2.27. The van der Waals surface area contributed by atoms with Gasteiger partial charge in [0.25, 0.3) is 5.17 Å². The van der Waals surface area contributed by atoms with Crippen molar-refractivity contribution in [1.29, 1.82) is 0 Å². The number of piperidine rings is 1. The molecule has 1 unspecified atom stereocenters. The van der Waals surface area contributed by atoms with Gasteiger partial charge in [0.15, 0.2) is 0 Å². The Morgan fingerprint density at radius 1 is 0.600 bits per heavy atom. The lowest BCUT2D eigenvalue weighted by molar-refractivity contribution is 0.0955. The van der Waals surface area contributed by atoms with Gasteiger partial charge < -0.3 is 15.0 Å². The highest BCUT2D eigenvalue weighted by atomic mass is 32.1. The SMILES string of the molecule is CCCCC/C=C\CCCC(CCC/C=C\CCCCC)C(CCC/C=C\CCCCC)OC(=S)NCCCN1CCCCC1. The van der Waals surface area contributed by atoms with Crippen molar-refractivity contribution in [1.82, 2.24) is 10.2 Å². The predicted molar refractivity (Wildman–Crippen MR) is 205 cm³/mol. The fourth-order valence-corrected chi connectivity index (χ4v) is 6.66. The van der Waals surface area contributed by atoms with Crippen LogP contribution in [0.4, 0.5) is 0 Å². The quantitative estimate of drug-likeness (QED) is 0.0478. The average molecular weight is 645 g/mol. The van der Waals surface area contributed by atoms with E-state index >= 15 is 0 Å². The first-order valence-corrected chi connectivity index (χ1v) is 20.2. The lowest BCUT2D eigenvalue weighted by Gasteiger charge is -2.29. The van der Waals surface area contributed by atoms with Crippen LogP contribution in [0.5, 0.6) is 0 Å². The highest BCUT2D eigenvalue weighted by molar-refractivity contribution is 7.80. The van der Waals surface area contributed by atoms with E-state index in [1.54, 1.807) is 0 Å². The summed E-state index contributed by atoms with van der Waals surface area (Å²) < 4.78 is 6.66. The van der Waals surface area contributed by atoms with Gasteiger partial charge in [-0.05, 0) is 153 Å². The van der Waals surface area contributed by atoms with Gasteiger partial charge >= 0.3 is 0 Å². The zero-order chi connectivity index (χ0) is 32.5. The van der Waals surface area contributed by atoms with E-state index in [1.807, 2.05) is 0 Å². The number of thiocarbonyl (C=S) groups is 1. The van der Waals surface area contributed by atoms with Crippen LogP contribution in [0, 0.1) is 5.92 Å². The van der Waals surface area contributed by atoms with Gasteiger partial charge in [0.1, 0.15) is 6.10 Å². The number of hydrogen-bond acceptors (Lipinski definition) is 3. The maximum absolute atomic E-state index is 6.66. The number of hydrogen-bond donors (Lipinski definition) is 1. The van der Waals surface area contributed by atoms with E-state index in [-0.39, 0.29) is 6.10 Å². The molecule has 4 heteroatoms. The van der Waals surface area contributed by atoms with Crippen LogP contribution >= 0.6 is 12.2 Å². The van der Waals surface area contributed by atoms with Gasteiger partial charge in [0.05, 0.1) is 0 Å². The molecule has 45 heavy (non-hydrogen) atoms. The first-order chi connectivity index (χ1) is 22.2. The molecule has 0 amide bonds. The summed E-state index contributed by atoms with van der Waals surface area (Å²) in [5.41, 5.74) is 0. The summed E-state index contributed by atoms with van der Waals surface area (Å²) in [5.74, 6) is 0.564. The van der Waals surface area contributed by atoms with Crippen LogP contribution in [0.25, 0.3) is 0 Å². The first-order valence-electron chi connectivity index (χ1n) is 19.8. The fraction of sp³-hybridized carbons (Fsp3) is 0.829. The van der Waals surface area contributed by atoms with Gasteiger partial charge in [-0.25, -0.2) is 0 Å². The summed E-state index contributed by atoms with van der Waals surface area (Å²) in [6.45, 7) is 11.5. The molecule has 0 aromatic rings. The fourth-order valence-electron chi connectivity index (χ4n) is 6.44. The summed E-state index contributed by atoms with van der Waals surface area (Å²) in [7, 11) is 0. The standard InChI is InChI=1S/C41H76N2OS/c1-4-7-10-13-16-19-22-26-32-39(33-27-23-20-17-14-11-8-5-2)40(34-28-24-21-18-15-12-9-6-3)44-41(45)42-35-31-38-43-36-29-25-30-37-43/h16-21,39-40H,4-15,22-38H2,1-3H3,(H,42,45)/b19-16-,20-17-,21-18-. The van der Waals surface area contributed by atoms with E-state index < -0.39 is 0 Å². The van der Waals surface area contributed by atoms with Crippen molar-refractivity contribution in [3.05, 3.63) is 36.5 Å². The van der Waals surface area contributed by atoms with Crippen LogP contribution in [-0.2, 0) is 4.74 Å². The van der Waals surface area contributed by atoms with E-state index in [2.05, 4.69) is 67.4 Å². The molecular formula is C41H76N2OS. The molecule has 0 radical (unpaired) electrons. The van der Waals surface area contributed by atoms with Crippen LogP contribution in [0.2, 0.25) is 0 Å². The number of allylic oxidation sites excluding steroid dienone is 6. The number of nitrogens with one attached hydrogen (secondary N) is 1. The Kier molecular flexibility index (Phi) is 30.5. The number of unbranched alkanes of at least 4 members (excludes halogenated alkanes) is 12. The van der Waals surface area contributed by atoms with Crippen LogP contribution in [0.3, 0.4) is 0 Å². The number of rotatable bonds is 30. The summed E-state index contributed by atoms with van der Waals surface area (Å²) in [4.78, 5) is 2.61. The maximum Gasteiger partial charge on any atom is 0.256 e. The smallest absolute Gasteiger partial charge is 0.256 e. The van der Waals surface area contributed by atoms with Gasteiger partial charge in [0.2, 0.25) is 0 Å². The van der Waals surface area contributed by atoms with Crippen molar-refractivity contribution in [2.45, 2.75) is 187 Å². The number of nitrogens with zero attached hydrogens (tertiary/aromatic N) is 1. The third-order valence-electron chi connectivity index (χ3n) is 9.33. The second-order valence-corrected chi connectivity index (χ2v) is 14.0. The summed E-state index contributed by atoms with van der Waals surface area (Å²) in [6.07, 6.45) is 46.3. The largest absolute Gasteiger partial charge is 0.467 e. The Morgan fingerprint density at radius 2 is 1.04 bits per heavy atom. The second-order valence-electron chi connectivity index (χ2n) is 13.6. The van der Waals surface area contributed by atoms with Gasteiger partial charge in [-0.3, -0.25) is 0 Å². The van der Waals surface area contributed by atoms with Crippen LogP contribution in [0.1, 0.15) is 181 Å². The van der Waals surface area contributed by atoms with Gasteiger partial charge in [-0.2, -0.15) is 0 Å². The summed E-state index contributed by atoms with van der Waals surface area (Å²) in [6, 6.07) is 0. The topological polar surface area (TPSA) is 24.5 Å². The number of likely N-dealkylation sites (tertiary alicyclic amines) is 1. The minimum Gasteiger partial charge on any atom is -0.467 e. The average Bonchev–Trinajstić information content (AvgIpc) is 3.05. The van der Waals surface area contributed by atoms with E-state index in [1.165, 1.54) is 161 Å². The third kappa shape index (κ3) is 26.6. The molecule has 1 aliphatic rings. The molecule has 0 aromatic heterocycles. The molecule has 0 saturated carbocycles. The molecule has 1 rings (SSSR count). The molecular weight excluding hydrogens is 569 g/mol. The van der Waals surface area contributed by atoms with Crippen molar-refractivity contribution < 1.29 is 4.74 Å². The molecule has 3 nitrogen and oxygen atoms in total. The van der Waals surface area contributed by atoms with Crippen molar-refractivity contribution in [2.75, 3.05) is 26.2 Å². The molecule has 262 valence electrons. The van der Waals surface area contributed by atoms with Crippen molar-refractivity contribution in [3.63, 3.8) is 0 Å². The van der Waals surface area contributed by atoms with E-state index in [4.69, 9.17) is 17.0 Å². The molecule has 1 saturated heterocycles. The van der Waals surface area contributed by atoms with Crippen molar-refractivity contribution >= 4 is 17.4 Å². The Balaban J connectivity index is 2.71. The molecule has 1 heterocycles. The highest BCUT2D eigenvalue weighted by Gasteiger charge is 2.23. The minimum atomic E-state index is 0.211. The summed E-state index contributed by atoms with van der Waals surface area (Å²) in [5, 5.41) is 4.12. The molecule has 1 atom stereocenters. The van der Waals surface area contributed by atoms with Crippen molar-refractivity contribution in [2.24, 2.45) is 5.92 Å². The van der Waals surface area contributed by atoms with Gasteiger partial charge in [-0.1, -0.05) is 102 Å². The van der Waals surface area contributed by atoms with Gasteiger partial charge in [0, 0.05) is 6.54 Å². The minimum absolute atomic E-state index is 0.211. The molecule has 1 fully saturated rings. The van der Waals surface area contributed by atoms with Crippen LogP contribution in [0.15, 0.2) is 36.5 Å². The zero-order valence-electron chi connectivity index (χ0n) is 30.4. The predicted octanol–water partition coefficient (Wildman–Crippen LogP) is 12.7. The molecule has 0 aromatic carbocycles. The number of ether oxygens (including phenoxy) is 1. The Morgan fingerprint density at radius 3 is 1.51 bits per heavy atom. The maximum atomic E-state index is 6.66. The molecule has 0 bridgehead atoms. The van der Waals surface area contributed by atoms with E-state index in [0.29, 0.717) is 11.1 Å². The Bertz CT molecular complexity index is 701. The monoisotopic (exact) mass is 645 g/mol. The lowest BCUT2D eigenvalue weighted by atomic mass is 9.87. The summed E-state index contributed by atoms with van der Waals surface area (Å²) >= 11 is 5.81. The van der Waals surface area contributed by atoms with Crippen LogP contribution < -0.4 is 5.32 Å². The Labute approximate surface area is 287 Å². The van der Waals surface area contributed by atoms with E-state index in [9.17, 15) is 0 Å². The Hall–Kier alpha value is -1.13. The van der Waals surface area contributed by atoms with Crippen LogP contribution in [-0.4, -0.2) is 42.4 Å². The second kappa shape index (κ2) is 32.8. The molecule has 1 N–H and O–H groups in total. The third-order valence-corrected chi connectivity index (χ3v) is 9.57. The normalized spacial score (nSPS) is 15.2. The molecule has 0 aliphatic carbocycles. The zero-order valence-corrected chi connectivity index (χ0v) is 31.2.